The number of carbonyl (C=O) groups excluding carboxylic acids is 1. The van der Waals surface area contributed by atoms with Crippen LogP contribution < -0.4 is 20.1 Å². The van der Waals surface area contributed by atoms with Crippen molar-refractivity contribution in [2.75, 3.05) is 36.8 Å². The summed E-state index contributed by atoms with van der Waals surface area (Å²) in [5.41, 5.74) is 7.48. The van der Waals surface area contributed by atoms with Crippen molar-refractivity contribution in [2.24, 2.45) is 0 Å². The van der Waals surface area contributed by atoms with Crippen LogP contribution in [-0.4, -0.2) is 69.9 Å². The first kappa shape index (κ1) is 24.6. The third kappa shape index (κ3) is 5.70. The lowest BCUT2D eigenvalue weighted by Gasteiger charge is -2.37. The molecule has 0 aliphatic carbocycles. The molecule has 14 heteroatoms. The molecule has 4 heterocycles. The number of piperazine rings is 1. The van der Waals surface area contributed by atoms with Gasteiger partial charge in [-0.25, -0.2) is 9.97 Å². The Hall–Kier alpha value is -4.04. The summed E-state index contributed by atoms with van der Waals surface area (Å²) < 4.78 is 46.6. The molecule has 5 rings (SSSR count). The van der Waals surface area contributed by atoms with Crippen LogP contribution in [0.15, 0.2) is 48.8 Å². The van der Waals surface area contributed by atoms with Crippen molar-refractivity contribution in [3.05, 3.63) is 48.8 Å². The molecule has 2 N–H and O–H groups in total. The van der Waals surface area contributed by atoms with E-state index in [9.17, 15) is 18.0 Å². The topological polar surface area (TPSA) is 120 Å². The number of halogens is 3. The first-order valence-corrected chi connectivity index (χ1v) is 11.9. The van der Waals surface area contributed by atoms with Gasteiger partial charge in [-0.05, 0) is 36.4 Å². The standard InChI is InChI=1S/C23H20F3N7O3S/c24-23(25,26)36-16-5-3-15(4-6-16)35-17(13-34)32-8-10-33(11-9-32)19-18-21(31-22(27)30-19)37-20(29-18)14-2-1-7-28-12-14/h1-7,12-13,17H,8-11H2,(H2,27,30,31). The molecule has 1 aliphatic heterocycles. The smallest absolute Gasteiger partial charge is 0.468 e. The van der Waals surface area contributed by atoms with Crippen molar-refractivity contribution in [1.29, 1.82) is 0 Å². The molecule has 0 spiro atoms. The number of thiazole rings is 1. The number of aromatic nitrogens is 4. The molecule has 1 fully saturated rings. The number of nitrogens with two attached hydrogens (primary N) is 1. The second-order valence-corrected chi connectivity index (χ2v) is 8.98. The van der Waals surface area contributed by atoms with Gasteiger partial charge in [-0.3, -0.25) is 14.7 Å². The highest BCUT2D eigenvalue weighted by Gasteiger charge is 2.31. The normalized spacial score (nSPS) is 15.5. The second kappa shape index (κ2) is 10.1. The van der Waals surface area contributed by atoms with Crippen molar-refractivity contribution < 1.29 is 27.4 Å². The summed E-state index contributed by atoms with van der Waals surface area (Å²) in [6, 6.07) is 8.63. The van der Waals surface area contributed by atoms with Gasteiger partial charge >= 0.3 is 6.36 Å². The van der Waals surface area contributed by atoms with E-state index in [0.717, 1.165) is 22.7 Å². The van der Waals surface area contributed by atoms with E-state index in [-0.39, 0.29) is 17.4 Å². The number of nitrogen functional groups attached to an aromatic ring is 1. The Morgan fingerprint density at radius 3 is 2.41 bits per heavy atom. The quantitative estimate of drug-likeness (QED) is 0.356. The second-order valence-electron chi connectivity index (χ2n) is 8.01. The molecule has 1 unspecified atom stereocenters. The Morgan fingerprint density at radius 2 is 1.76 bits per heavy atom. The van der Waals surface area contributed by atoms with E-state index in [1.165, 1.54) is 23.5 Å². The van der Waals surface area contributed by atoms with Crippen molar-refractivity contribution in [3.63, 3.8) is 0 Å². The van der Waals surface area contributed by atoms with Gasteiger partial charge < -0.3 is 20.1 Å². The minimum absolute atomic E-state index is 0.137. The number of hydrogen-bond donors (Lipinski definition) is 1. The van der Waals surface area contributed by atoms with Crippen LogP contribution in [0.25, 0.3) is 20.9 Å². The van der Waals surface area contributed by atoms with Crippen LogP contribution in [0.5, 0.6) is 11.5 Å². The lowest BCUT2D eigenvalue weighted by Crippen LogP contribution is -2.53. The van der Waals surface area contributed by atoms with Crippen LogP contribution in [-0.2, 0) is 4.79 Å². The average molecular weight is 532 g/mol. The highest BCUT2D eigenvalue weighted by Crippen LogP contribution is 2.34. The summed E-state index contributed by atoms with van der Waals surface area (Å²) in [5.74, 6) is 0.612. The number of alkyl halides is 3. The molecule has 4 aromatic rings. The summed E-state index contributed by atoms with van der Waals surface area (Å²) >= 11 is 1.40. The number of benzene rings is 1. The number of nitrogens with zero attached hydrogens (tertiary/aromatic N) is 6. The van der Waals surface area contributed by atoms with Crippen LogP contribution in [0, 0.1) is 0 Å². The number of fused-ring (bicyclic) bond motifs is 1. The molecule has 1 aliphatic rings. The molecule has 0 radical (unpaired) electrons. The third-order valence-electron chi connectivity index (χ3n) is 5.57. The van der Waals surface area contributed by atoms with Crippen LogP contribution in [0.3, 0.4) is 0 Å². The molecule has 1 saturated heterocycles. The zero-order valence-corrected chi connectivity index (χ0v) is 19.9. The summed E-state index contributed by atoms with van der Waals surface area (Å²) in [5, 5.41) is 0.754. The van der Waals surface area contributed by atoms with Crippen LogP contribution in [0.2, 0.25) is 0 Å². The fourth-order valence-electron chi connectivity index (χ4n) is 3.89. The molecular weight excluding hydrogens is 511 g/mol. The highest BCUT2D eigenvalue weighted by molar-refractivity contribution is 7.21. The fraction of sp³-hybridized carbons (Fsp3) is 0.261. The van der Waals surface area contributed by atoms with Gasteiger partial charge in [0.1, 0.15) is 22.0 Å². The minimum atomic E-state index is -4.79. The fourth-order valence-corrected chi connectivity index (χ4v) is 4.82. The van der Waals surface area contributed by atoms with Gasteiger partial charge in [-0.15, -0.1) is 13.2 Å². The first-order chi connectivity index (χ1) is 17.8. The molecule has 192 valence electrons. The summed E-state index contributed by atoms with van der Waals surface area (Å²) in [6.07, 6.45) is -1.64. The summed E-state index contributed by atoms with van der Waals surface area (Å²) in [4.78, 5) is 33.9. The van der Waals surface area contributed by atoms with E-state index >= 15 is 0 Å². The van der Waals surface area contributed by atoms with E-state index in [1.807, 2.05) is 21.9 Å². The molecule has 0 bridgehead atoms. The number of pyridine rings is 1. The van der Waals surface area contributed by atoms with Crippen molar-refractivity contribution >= 4 is 39.7 Å². The number of carbonyl (C=O) groups is 1. The van der Waals surface area contributed by atoms with Gasteiger partial charge in [-0.2, -0.15) is 4.98 Å². The van der Waals surface area contributed by atoms with Gasteiger partial charge in [0.2, 0.25) is 12.2 Å². The Bertz CT molecular complexity index is 1380. The molecular formula is C23H20F3N7O3S. The molecule has 0 saturated carbocycles. The Kier molecular flexibility index (Phi) is 6.76. The Labute approximate surface area is 212 Å². The number of rotatable bonds is 7. The Morgan fingerprint density at radius 1 is 1.03 bits per heavy atom. The molecule has 1 atom stereocenters. The van der Waals surface area contributed by atoms with E-state index in [1.54, 1.807) is 12.4 Å². The van der Waals surface area contributed by atoms with Crippen molar-refractivity contribution in [2.45, 2.75) is 12.6 Å². The lowest BCUT2D eigenvalue weighted by atomic mass is 10.3. The summed E-state index contributed by atoms with van der Waals surface area (Å²) in [7, 11) is 0. The maximum atomic E-state index is 12.4. The van der Waals surface area contributed by atoms with E-state index in [0.29, 0.717) is 48.6 Å². The maximum absolute atomic E-state index is 12.4. The Balaban J connectivity index is 1.27. The number of hydrogen-bond acceptors (Lipinski definition) is 11. The zero-order chi connectivity index (χ0) is 26.0. The number of ether oxygens (including phenoxy) is 2. The van der Waals surface area contributed by atoms with Crippen molar-refractivity contribution in [3.8, 4) is 22.1 Å². The third-order valence-corrected chi connectivity index (χ3v) is 6.57. The van der Waals surface area contributed by atoms with E-state index < -0.39 is 12.6 Å². The van der Waals surface area contributed by atoms with Crippen LogP contribution >= 0.6 is 11.3 Å². The molecule has 0 amide bonds. The van der Waals surface area contributed by atoms with Gasteiger partial charge in [0.15, 0.2) is 16.9 Å². The highest BCUT2D eigenvalue weighted by atomic mass is 32.1. The average Bonchev–Trinajstić information content (AvgIpc) is 3.32. The van der Waals surface area contributed by atoms with Crippen LogP contribution in [0.1, 0.15) is 0 Å². The molecule has 37 heavy (non-hydrogen) atoms. The zero-order valence-electron chi connectivity index (χ0n) is 19.1. The molecule has 1 aromatic carbocycles. The van der Waals surface area contributed by atoms with Gasteiger partial charge in [0.05, 0.1) is 0 Å². The molecule has 10 nitrogen and oxygen atoms in total. The number of aldehydes is 1. The molecule has 3 aromatic heterocycles. The largest absolute Gasteiger partial charge is 0.573 e. The monoisotopic (exact) mass is 531 g/mol. The predicted octanol–water partition coefficient (Wildman–Crippen LogP) is 3.36. The van der Waals surface area contributed by atoms with Crippen molar-refractivity contribution in [1.82, 2.24) is 24.8 Å². The van der Waals surface area contributed by atoms with Crippen LogP contribution in [0.4, 0.5) is 24.9 Å². The number of anilines is 2. The SMILES string of the molecule is Nc1nc(N2CCN(C(C=O)Oc3ccc(OC(F)(F)F)cc3)CC2)c2nc(-c3cccnc3)sc2n1. The van der Waals surface area contributed by atoms with E-state index in [2.05, 4.69) is 19.7 Å². The van der Waals surface area contributed by atoms with Gasteiger partial charge in [0.25, 0.3) is 0 Å². The van der Waals surface area contributed by atoms with E-state index in [4.69, 9.17) is 15.5 Å². The maximum Gasteiger partial charge on any atom is 0.573 e. The van der Waals surface area contributed by atoms with Gasteiger partial charge in [-0.1, -0.05) is 11.3 Å². The first-order valence-electron chi connectivity index (χ1n) is 11.1. The predicted molar refractivity (Wildman–Crippen MR) is 130 cm³/mol. The summed E-state index contributed by atoms with van der Waals surface area (Å²) in [6.45, 7) is 1.95. The lowest BCUT2D eigenvalue weighted by molar-refractivity contribution is -0.274. The minimum Gasteiger partial charge on any atom is -0.468 e. The van der Waals surface area contributed by atoms with Gasteiger partial charge in [0, 0.05) is 44.1 Å².